The van der Waals surface area contributed by atoms with E-state index in [-0.39, 0.29) is 5.91 Å². The molecule has 1 saturated heterocycles. The maximum absolute atomic E-state index is 11.6. The van der Waals surface area contributed by atoms with Crippen LogP contribution in [0.3, 0.4) is 0 Å². The predicted molar refractivity (Wildman–Crippen MR) is 60.0 cm³/mol. The van der Waals surface area contributed by atoms with Crippen molar-refractivity contribution in [3.8, 4) is 0 Å². The van der Waals surface area contributed by atoms with Crippen molar-refractivity contribution in [1.29, 1.82) is 0 Å². The summed E-state index contributed by atoms with van der Waals surface area (Å²) in [5.41, 5.74) is 0. The molecule has 0 radical (unpaired) electrons. The van der Waals surface area contributed by atoms with Crippen molar-refractivity contribution in [3.63, 3.8) is 0 Å². The number of anilines is 1. The van der Waals surface area contributed by atoms with Gasteiger partial charge in [0.2, 0.25) is 5.91 Å². The number of hydrogen-bond donors (Lipinski definition) is 2. The zero-order valence-corrected chi connectivity index (χ0v) is 9.02. The van der Waals surface area contributed by atoms with Crippen LogP contribution in [-0.2, 0) is 4.79 Å². The summed E-state index contributed by atoms with van der Waals surface area (Å²) < 4.78 is 0. The van der Waals surface area contributed by atoms with Gasteiger partial charge in [-0.3, -0.25) is 14.7 Å². The van der Waals surface area contributed by atoms with E-state index in [9.17, 15) is 4.79 Å². The predicted octanol–water partition coefficient (Wildman–Crippen LogP) is -0.680. The van der Waals surface area contributed by atoms with E-state index < -0.39 is 0 Å². The summed E-state index contributed by atoms with van der Waals surface area (Å²) in [5, 5.41) is 5.96. The average molecular weight is 221 g/mol. The van der Waals surface area contributed by atoms with Crippen molar-refractivity contribution >= 4 is 11.7 Å². The second-order valence-electron chi connectivity index (χ2n) is 3.66. The first-order valence-corrected chi connectivity index (χ1v) is 5.33. The number of piperazine rings is 1. The van der Waals surface area contributed by atoms with Crippen LogP contribution in [0.2, 0.25) is 0 Å². The fourth-order valence-corrected chi connectivity index (χ4v) is 1.62. The average Bonchev–Trinajstić information content (AvgIpc) is 2.31. The number of rotatable bonds is 3. The number of hydrogen-bond acceptors (Lipinski definition) is 5. The Morgan fingerprint density at radius 2 is 2.25 bits per heavy atom. The molecule has 0 bridgehead atoms. The minimum Gasteiger partial charge on any atom is -0.314 e. The van der Waals surface area contributed by atoms with Gasteiger partial charge in [0.05, 0.1) is 12.7 Å². The van der Waals surface area contributed by atoms with E-state index in [1.54, 1.807) is 12.4 Å². The van der Waals surface area contributed by atoms with Crippen LogP contribution < -0.4 is 10.6 Å². The van der Waals surface area contributed by atoms with Gasteiger partial charge in [0, 0.05) is 38.6 Å². The molecule has 1 aromatic heterocycles. The molecule has 6 nitrogen and oxygen atoms in total. The Morgan fingerprint density at radius 1 is 1.44 bits per heavy atom. The van der Waals surface area contributed by atoms with Crippen LogP contribution in [0.25, 0.3) is 0 Å². The first-order valence-electron chi connectivity index (χ1n) is 5.33. The SMILES string of the molecule is O=C(CN1CCNCC1)Nc1cnccn1. The third-order valence-corrected chi connectivity index (χ3v) is 2.41. The lowest BCUT2D eigenvalue weighted by Gasteiger charge is -2.26. The van der Waals surface area contributed by atoms with Gasteiger partial charge in [-0.25, -0.2) is 4.98 Å². The molecule has 2 heterocycles. The molecule has 2 rings (SSSR count). The van der Waals surface area contributed by atoms with E-state index in [1.807, 2.05) is 0 Å². The van der Waals surface area contributed by atoms with Gasteiger partial charge in [0.1, 0.15) is 0 Å². The standard InChI is InChI=1S/C10H15N5O/c16-10(8-15-5-3-11-4-6-15)14-9-7-12-1-2-13-9/h1-2,7,11H,3-6,8H2,(H,13,14,16). The Morgan fingerprint density at radius 3 is 2.94 bits per heavy atom. The van der Waals surface area contributed by atoms with Crippen LogP contribution in [-0.4, -0.2) is 53.5 Å². The van der Waals surface area contributed by atoms with Crippen LogP contribution in [0.15, 0.2) is 18.6 Å². The zero-order chi connectivity index (χ0) is 11.2. The summed E-state index contributed by atoms with van der Waals surface area (Å²) in [7, 11) is 0. The van der Waals surface area contributed by atoms with Crippen LogP contribution in [0.4, 0.5) is 5.82 Å². The van der Waals surface area contributed by atoms with Gasteiger partial charge in [0.25, 0.3) is 0 Å². The molecule has 6 heteroatoms. The largest absolute Gasteiger partial charge is 0.314 e. The fourth-order valence-electron chi connectivity index (χ4n) is 1.62. The van der Waals surface area contributed by atoms with E-state index in [1.165, 1.54) is 6.20 Å². The molecule has 1 amide bonds. The van der Waals surface area contributed by atoms with Crippen LogP contribution in [0.5, 0.6) is 0 Å². The molecule has 2 N–H and O–H groups in total. The fraction of sp³-hybridized carbons (Fsp3) is 0.500. The molecule has 0 unspecified atom stereocenters. The maximum Gasteiger partial charge on any atom is 0.239 e. The second-order valence-corrected chi connectivity index (χ2v) is 3.66. The molecule has 0 aromatic carbocycles. The molecule has 1 aliphatic rings. The summed E-state index contributed by atoms with van der Waals surface area (Å²) in [4.78, 5) is 21.6. The topological polar surface area (TPSA) is 70.2 Å². The monoisotopic (exact) mass is 221 g/mol. The number of carbonyl (C=O) groups excluding carboxylic acids is 1. The van der Waals surface area contributed by atoms with Crippen molar-refractivity contribution in [2.75, 3.05) is 38.0 Å². The molecule has 0 saturated carbocycles. The van der Waals surface area contributed by atoms with E-state index in [4.69, 9.17) is 0 Å². The molecular weight excluding hydrogens is 206 g/mol. The minimum atomic E-state index is -0.0394. The van der Waals surface area contributed by atoms with E-state index in [2.05, 4.69) is 25.5 Å². The van der Waals surface area contributed by atoms with Crippen molar-refractivity contribution in [3.05, 3.63) is 18.6 Å². The molecule has 1 aromatic rings. The van der Waals surface area contributed by atoms with Gasteiger partial charge >= 0.3 is 0 Å². The van der Waals surface area contributed by atoms with Gasteiger partial charge < -0.3 is 10.6 Å². The van der Waals surface area contributed by atoms with Crippen molar-refractivity contribution in [2.24, 2.45) is 0 Å². The Hall–Kier alpha value is -1.53. The van der Waals surface area contributed by atoms with Crippen LogP contribution in [0.1, 0.15) is 0 Å². The van der Waals surface area contributed by atoms with Gasteiger partial charge in [-0.1, -0.05) is 0 Å². The number of carbonyl (C=O) groups is 1. The molecular formula is C10H15N5O. The number of nitrogens with one attached hydrogen (secondary N) is 2. The third kappa shape index (κ3) is 3.25. The van der Waals surface area contributed by atoms with Crippen molar-refractivity contribution in [2.45, 2.75) is 0 Å². The van der Waals surface area contributed by atoms with Crippen LogP contribution >= 0.6 is 0 Å². The molecule has 0 atom stereocenters. The number of aromatic nitrogens is 2. The first-order chi connectivity index (χ1) is 7.84. The smallest absolute Gasteiger partial charge is 0.239 e. The molecule has 0 spiro atoms. The number of amides is 1. The summed E-state index contributed by atoms with van der Waals surface area (Å²) in [6, 6.07) is 0. The zero-order valence-electron chi connectivity index (χ0n) is 9.02. The highest BCUT2D eigenvalue weighted by Crippen LogP contribution is 1.98. The lowest BCUT2D eigenvalue weighted by molar-refractivity contribution is -0.117. The van der Waals surface area contributed by atoms with Gasteiger partial charge in [-0.2, -0.15) is 0 Å². The summed E-state index contributed by atoms with van der Waals surface area (Å²) >= 11 is 0. The molecule has 86 valence electrons. The van der Waals surface area contributed by atoms with Crippen LogP contribution in [0, 0.1) is 0 Å². The molecule has 0 aliphatic carbocycles. The normalized spacial score (nSPS) is 17.0. The molecule has 1 fully saturated rings. The summed E-state index contributed by atoms with van der Waals surface area (Å²) in [6.07, 6.45) is 4.67. The first kappa shape index (κ1) is 11.0. The van der Waals surface area contributed by atoms with Crippen molar-refractivity contribution < 1.29 is 4.79 Å². The highest BCUT2D eigenvalue weighted by molar-refractivity contribution is 5.91. The highest BCUT2D eigenvalue weighted by Gasteiger charge is 2.13. The van der Waals surface area contributed by atoms with E-state index in [0.717, 1.165) is 26.2 Å². The lowest BCUT2D eigenvalue weighted by Crippen LogP contribution is -2.46. The summed E-state index contributed by atoms with van der Waals surface area (Å²) in [6.45, 7) is 4.12. The third-order valence-electron chi connectivity index (χ3n) is 2.41. The van der Waals surface area contributed by atoms with Crippen molar-refractivity contribution in [1.82, 2.24) is 20.2 Å². The lowest BCUT2D eigenvalue weighted by atomic mass is 10.3. The second kappa shape index (κ2) is 5.53. The van der Waals surface area contributed by atoms with Gasteiger partial charge in [-0.05, 0) is 0 Å². The highest BCUT2D eigenvalue weighted by atomic mass is 16.2. The number of nitrogens with zero attached hydrogens (tertiary/aromatic N) is 3. The van der Waals surface area contributed by atoms with E-state index in [0.29, 0.717) is 12.4 Å². The Kier molecular flexibility index (Phi) is 3.79. The maximum atomic E-state index is 11.6. The minimum absolute atomic E-state index is 0.0394. The van der Waals surface area contributed by atoms with Gasteiger partial charge in [0.15, 0.2) is 5.82 Å². The Labute approximate surface area is 94.1 Å². The quantitative estimate of drug-likeness (QED) is 0.707. The molecule has 1 aliphatic heterocycles. The summed E-state index contributed by atoms with van der Waals surface area (Å²) in [5.74, 6) is 0.463. The van der Waals surface area contributed by atoms with Gasteiger partial charge in [-0.15, -0.1) is 0 Å². The Bertz CT molecular complexity index is 336. The molecule has 16 heavy (non-hydrogen) atoms. The van der Waals surface area contributed by atoms with E-state index >= 15 is 0 Å². The Balaban J connectivity index is 1.80.